The first-order chi connectivity index (χ1) is 13.1. The molecule has 0 saturated carbocycles. The first-order valence-electron chi connectivity index (χ1n) is 8.74. The van der Waals surface area contributed by atoms with Gasteiger partial charge in [-0.15, -0.1) is 0 Å². The lowest BCUT2D eigenvalue weighted by atomic mass is 10.1. The molecule has 7 heteroatoms. The molecule has 0 unspecified atom stereocenters. The van der Waals surface area contributed by atoms with Crippen molar-refractivity contribution in [2.45, 2.75) is 6.42 Å². The Morgan fingerprint density at radius 1 is 1.15 bits per heavy atom. The van der Waals surface area contributed by atoms with E-state index in [9.17, 15) is 4.79 Å². The third kappa shape index (κ3) is 4.64. The highest BCUT2D eigenvalue weighted by Crippen LogP contribution is 2.34. The van der Waals surface area contributed by atoms with E-state index in [-0.39, 0.29) is 12.3 Å². The molecule has 0 spiro atoms. The Morgan fingerprint density at radius 3 is 2.59 bits per heavy atom. The summed E-state index contributed by atoms with van der Waals surface area (Å²) in [5.74, 6) is 1.10. The van der Waals surface area contributed by atoms with E-state index in [1.165, 1.54) is 0 Å². The van der Waals surface area contributed by atoms with Crippen LogP contribution in [0.3, 0.4) is 0 Å². The van der Waals surface area contributed by atoms with Gasteiger partial charge in [0.25, 0.3) is 0 Å². The van der Waals surface area contributed by atoms with E-state index in [1.807, 2.05) is 24.3 Å². The molecule has 0 radical (unpaired) electrons. The number of halogens is 1. The summed E-state index contributed by atoms with van der Waals surface area (Å²) < 4.78 is 15.9. The molecule has 0 aromatic heterocycles. The van der Waals surface area contributed by atoms with E-state index in [0.717, 1.165) is 24.3 Å². The summed E-state index contributed by atoms with van der Waals surface area (Å²) in [6.45, 7) is 2.76. The van der Waals surface area contributed by atoms with E-state index < -0.39 is 0 Å². The van der Waals surface area contributed by atoms with Crippen LogP contribution < -0.4 is 19.7 Å². The summed E-state index contributed by atoms with van der Waals surface area (Å²) in [6.07, 6.45) is 0.218. The monoisotopic (exact) mass is 390 g/mol. The zero-order chi connectivity index (χ0) is 19.2. The van der Waals surface area contributed by atoms with Crippen molar-refractivity contribution in [2.75, 3.05) is 50.7 Å². The van der Waals surface area contributed by atoms with E-state index in [0.29, 0.717) is 35.4 Å². The summed E-state index contributed by atoms with van der Waals surface area (Å²) in [4.78, 5) is 14.7. The number of hydrogen-bond acceptors (Lipinski definition) is 5. The van der Waals surface area contributed by atoms with Crippen molar-refractivity contribution in [1.82, 2.24) is 0 Å². The van der Waals surface area contributed by atoms with Gasteiger partial charge in [0.1, 0.15) is 0 Å². The van der Waals surface area contributed by atoms with Crippen molar-refractivity contribution < 1.29 is 19.0 Å². The molecule has 0 bridgehead atoms. The molecule has 1 N–H and O–H groups in total. The molecule has 0 aliphatic carbocycles. The minimum atomic E-state index is -0.126. The fourth-order valence-corrected chi connectivity index (χ4v) is 3.39. The third-order valence-electron chi connectivity index (χ3n) is 4.40. The number of hydrogen-bond donors (Lipinski definition) is 1. The molecule has 1 fully saturated rings. The van der Waals surface area contributed by atoms with Gasteiger partial charge in [0.2, 0.25) is 5.91 Å². The smallest absolute Gasteiger partial charge is 0.228 e. The maximum atomic E-state index is 12.6. The van der Waals surface area contributed by atoms with Gasteiger partial charge in [-0.3, -0.25) is 4.79 Å². The van der Waals surface area contributed by atoms with Gasteiger partial charge in [0, 0.05) is 13.1 Å². The van der Waals surface area contributed by atoms with Gasteiger partial charge >= 0.3 is 0 Å². The minimum Gasteiger partial charge on any atom is -0.493 e. The lowest BCUT2D eigenvalue weighted by molar-refractivity contribution is -0.115. The molecule has 0 atom stereocenters. The molecule has 27 heavy (non-hydrogen) atoms. The van der Waals surface area contributed by atoms with Crippen LogP contribution in [-0.2, 0) is 16.0 Å². The molecule has 1 saturated heterocycles. The number of para-hydroxylation sites is 1. The van der Waals surface area contributed by atoms with Crippen LogP contribution in [0.5, 0.6) is 11.5 Å². The fourth-order valence-electron chi connectivity index (χ4n) is 3.09. The Morgan fingerprint density at radius 2 is 1.89 bits per heavy atom. The van der Waals surface area contributed by atoms with Crippen molar-refractivity contribution in [3.05, 3.63) is 47.0 Å². The van der Waals surface area contributed by atoms with Crippen LogP contribution in [0.1, 0.15) is 5.56 Å². The first kappa shape index (κ1) is 19.3. The van der Waals surface area contributed by atoms with Gasteiger partial charge in [0.05, 0.1) is 50.3 Å². The van der Waals surface area contributed by atoms with Gasteiger partial charge in [-0.1, -0.05) is 23.7 Å². The van der Waals surface area contributed by atoms with Gasteiger partial charge in [-0.05, 0) is 29.8 Å². The summed E-state index contributed by atoms with van der Waals surface area (Å²) in [5, 5.41) is 3.60. The Balaban J connectivity index is 1.75. The van der Waals surface area contributed by atoms with Crippen LogP contribution in [0.25, 0.3) is 0 Å². The molecule has 2 aromatic carbocycles. The molecular weight excluding hydrogens is 368 g/mol. The van der Waals surface area contributed by atoms with Crippen LogP contribution >= 0.6 is 11.6 Å². The van der Waals surface area contributed by atoms with Gasteiger partial charge < -0.3 is 24.4 Å². The van der Waals surface area contributed by atoms with E-state index >= 15 is 0 Å². The number of nitrogens with one attached hydrogen (secondary N) is 1. The molecule has 1 aliphatic heterocycles. The second kappa shape index (κ2) is 8.97. The normalized spacial score (nSPS) is 14.0. The van der Waals surface area contributed by atoms with Crippen molar-refractivity contribution >= 4 is 28.9 Å². The number of nitrogens with zero attached hydrogens (tertiary/aromatic N) is 1. The van der Waals surface area contributed by atoms with Crippen LogP contribution in [0.2, 0.25) is 5.02 Å². The number of morpholine rings is 1. The Labute approximate surface area is 164 Å². The van der Waals surface area contributed by atoms with Gasteiger partial charge in [-0.2, -0.15) is 0 Å². The topological polar surface area (TPSA) is 60.0 Å². The quantitative estimate of drug-likeness (QED) is 0.819. The number of benzene rings is 2. The second-order valence-electron chi connectivity index (χ2n) is 6.15. The summed E-state index contributed by atoms with van der Waals surface area (Å²) in [6, 6.07) is 11.0. The van der Waals surface area contributed by atoms with Crippen molar-refractivity contribution in [3.63, 3.8) is 0 Å². The van der Waals surface area contributed by atoms with Gasteiger partial charge in [-0.25, -0.2) is 0 Å². The van der Waals surface area contributed by atoms with E-state index in [1.54, 1.807) is 26.4 Å². The van der Waals surface area contributed by atoms with E-state index in [2.05, 4.69) is 10.2 Å². The highest BCUT2D eigenvalue weighted by molar-refractivity contribution is 6.34. The average molecular weight is 391 g/mol. The predicted octanol–water partition coefficient (Wildman–Crippen LogP) is 3.38. The highest BCUT2D eigenvalue weighted by Gasteiger charge is 2.19. The first-order valence-corrected chi connectivity index (χ1v) is 9.12. The largest absolute Gasteiger partial charge is 0.493 e. The van der Waals surface area contributed by atoms with Crippen molar-refractivity contribution in [1.29, 1.82) is 0 Å². The molecule has 1 aliphatic rings. The molecular formula is C20H23ClN2O4. The van der Waals surface area contributed by atoms with Crippen molar-refractivity contribution in [2.24, 2.45) is 0 Å². The summed E-state index contributed by atoms with van der Waals surface area (Å²) in [7, 11) is 3.15. The highest BCUT2D eigenvalue weighted by atomic mass is 35.5. The predicted molar refractivity (Wildman–Crippen MR) is 106 cm³/mol. The maximum absolute atomic E-state index is 12.6. The Bertz CT molecular complexity index is 807. The van der Waals surface area contributed by atoms with Crippen LogP contribution in [0.15, 0.2) is 36.4 Å². The Kier molecular flexibility index (Phi) is 6.42. The number of carbonyl (C=O) groups is 1. The molecule has 144 valence electrons. The third-order valence-corrected chi connectivity index (χ3v) is 4.71. The Hall–Kier alpha value is -2.44. The lowest BCUT2D eigenvalue weighted by Gasteiger charge is -2.31. The zero-order valence-corrected chi connectivity index (χ0v) is 16.2. The molecule has 2 aromatic rings. The lowest BCUT2D eigenvalue weighted by Crippen LogP contribution is -2.37. The molecule has 1 amide bonds. The number of carbonyl (C=O) groups excluding carboxylic acids is 1. The number of ether oxygens (including phenoxy) is 3. The van der Waals surface area contributed by atoms with Gasteiger partial charge in [0.15, 0.2) is 11.5 Å². The van der Waals surface area contributed by atoms with Crippen LogP contribution in [0, 0.1) is 0 Å². The number of methoxy groups -OCH3 is 2. The summed E-state index contributed by atoms with van der Waals surface area (Å²) >= 11 is 6.42. The standard InChI is InChI=1S/C20H23ClN2O4/c1-25-17-7-6-14(12-18(17)26-2)13-19(24)22-16-5-3-4-15(21)20(16)23-8-10-27-11-9-23/h3-7,12H,8-11,13H2,1-2H3,(H,22,24). The molecule has 6 nitrogen and oxygen atoms in total. The van der Waals surface area contributed by atoms with Crippen LogP contribution in [-0.4, -0.2) is 46.4 Å². The number of rotatable bonds is 6. The van der Waals surface area contributed by atoms with Crippen LogP contribution in [0.4, 0.5) is 11.4 Å². The van der Waals surface area contributed by atoms with E-state index in [4.69, 9.17) is 25.8 Å². The molecule has 1 heterocycles. The SMILES string of the molecule is COc1ccc(CC(=O)Nc2cccc(Cl)c2N2CCOCC2)cc1OC. The van der Waals surface area contributed by atoms with Crippen molar-refractivity contribution in [3.8, 4) is 11.5 Å². The summed E-state index contributed by atoms with van der Waals surface area (Å²) in [5.41, 5.74) is 2.37. The maximum Gasteiger partial charge on any atom is 0.228 e. The zero-order valence-electron chi connectivity index (χ0n) is 15.5. The minimum absolute atomic E-state index is 0.126. The average Bonchev–Trinajstić information content (AvgIpc) is 2.68. The number of amides is 1. The number of anilines is 2. The molecule has 3 rings (SSSR count). The second-order valence-corrected chi connectivity index (χ2v) is 6.56. The fraction of sp³-hybridized carbons (Fsp3) is 0.350.